The maximum atomic E-state index is 6.30. The van der Waals surface area contributed by atoms with Crippen LogP contribution in [0.15, 0.2) is 36.7 Å². The highest BCUT2D eigenvalue weighted by molar-refractivity contribution is 6.22. The molecule has 0 fully saturated rings. The third kappa shape index (κ3) is 3.18. The minimum absolute atomic E-state index is 0.176. The molecule has 1 heterocycles. The topological polar surface area (TPSA) is 17.8 Å². The first kappa shape index (κ1) is 15.4. The highest BCUT2D eigenvalue weighted by Gasteiger charge is 2.31. The van der Waals surface area contributed by atoms with Gasteiger partial charge in [0.15, 0.2) is 0 Å². The van der Waals surface area contributed by atoms with Crippen LogP contribution >= 0.6 is 23.2 Å². The van der Waals surface area contributed by atoms with Crippen LogP contribution in [0.4, 0.5) is 0 Å². The van der Waals surface area contributed by atoms with Crippen molar-refractivity contribution in [2.24, 2.45) is 7.05 Å². The Labute approximate surface area is 130 Å². The summed E-state index contributed by atoms with van der Waals surface area (Å²) in [4.78, 5) is 0. The van der Waals surface area contributed by atoms with E-state index >= 15 is 0 Å². The molecule has 0 aliphatic rings. The number of halogens is 2. The van der Waals surface area contributed by atoms with Crippen molar-refractivity contribution in [3.63, 3.8) is 0 Å². The summed E-state index contributed by atoms with van der Waals surface area (Å²) in [6.45, 7) is 2.12. The molecule has 20 heavy (non-hydrogen) atoms. The molecule has 1 aromatic heterocycles. The molecule has 0 N–H and O–H groups in total. The van der Waals surface area contributed by atoms with Crippen LogP contribution in [-0.4, -0.2) is 21.5 Å². The molecule has 0 amide bonds. The highest BCUT2D eigenvalue weighted by atomic mass is 35.5. The predicted octanol–water partition coefficient (Wildman–Crippen LogP) is 4.08. The van der Waals surface area contributed by atoms with Crippen LogP contribution in [0.2, 0.25) is 0 Å². The fourth-order valence-electron chi connectivity index (χ4n) is 2.60. The molecule has 0 spiro atoms. The number of rotatable bonds is 6. The first-order chi connectivity index (χ1) is 9.61. The molecule has 0 unspecified atom stereocenters. The molecule has 1 aromatic carbocycles. The summed E-state index contributed by atoms with van der Waals surface area (Å²) >= 11 is 12.6. The van der Waals surface area contributed by atoms with Gasteiger partial charge in [0.1, 0.15) is 0 Å². The minimum Gasteiger partial charge on any atom is -0.276 e. The van der Waals surface area contributed by atoms with Crippen molar-refractivity contribution in [2.75, 3.05) is 11.8 Å². The van der Waals surface area contributed by atoms with Crippen molar-refractivity contribution in [3.05, 3.63) is 53.3 Å². The lowest BCUT2D eigenvalue weighted by atomic mass is 9.77. The molecule has 0 bridgehead atoms. The maximum absolute atomic E-state index is 6.30. The van der Waals surface area contributed by atoms with Crippen LogP contribution < -0.4 is 0 Å². The summed E-state index contributed by atoms with van der Waals surface area (Å²) in [7, 11) is 1.93. The Balaban J connectivity index is 2.23. The van der Waals surface area contributed by atoms with Gasteiger partial charge in [0.25, 0.3) is 0 Å². The molecule has 0 saturated heterocycles. The lowest BCUT2D eigenvalue weighted by molar-refractivity contribution is 0.490. The minimum atomic E-state index is -0.176. The second-order valence-electron chi connectivity index (χ2n) is 5.38. The summed E-state index contributed by atoms with van der Waals surface area (Å²) in [6.07, 6.45) is 5.81. The van der Waals surface area contributed by atoms with Crippen LogP contribution in [0, 0.1) is 6.92 Å². The van der Waals surface area contributed by atoms with Crippen LogP contribution in [0.25, 0.3) is 0 Å². The average molecular weight is 311 g/mol. The van der Waals surface area contributed by atoms with E-state index in [0.29, 0.717) is 11.8 Å². The molecule has 0 aliphatic heterocycles. The summed E-state index contributed by atoms with van der Waals surface area (Å²) in [5.41, 5.74) is 3.55. The van der Waals surface area contributed by atoms with Crippen molar-refractivity contribution in [1.82, 2.24) is 9.78 Å². The molecule has 4 heteroatoms. The third-order valence-corrected chi connectivity index (χ3v) is 4.90. The van der Waals surface area contributed by atoms with E-state index in [1.807, 2.05) is 30.2 Å². The van der Waals surface area contributed by atoms with Crippen molar-refractivity contribution in [2.45, 2.75) is 25.2 Å². The molecule has 2 rings (SSSR count). The average Bonchev–Trinajstić information content (AvgIpc) is 2.88. The van der Waals surface area contributed by atoms with E-state index < -0.39 is 0 Å². The number of nitrogens with zero attached hydrogens (tertiary/aromatic N) is 2. The first-order valence-corrected chi connectivity index (χ1v) is 7.84. The van der Waals surface area contributed by atoms with E-state index in [-0.39, 0.29) is 5.41 Å². The molecule has 0 saturated carbocycles. The number of benzene rings is 1. The van der Waals surface area contributed by atoms with Gasteiger partial charge in [0.05, 0.1) is 6.20 Å². The van der Waals surface area contributed by atoms with E-state index in [1.165, 1.54) is 16.7 Å². The van der Waals surface area contributed by atoms with Gasteiger partial charge in [-0.1, -0.05) is 24.3 Å². The maximum Gasteiger partial charge on any atom is 0.0521 e. The van der Waals surface area contributed by atoms with E-state index in [9.17, 15) is 0 Å². The Morgan fingerprint density at radius 3 is 2.45 bits per heavy atom. The van der Waals surface area contributed by atoms with Crippen LogP contribution in [0.1, 0.15) is 23.1 Å². The van der Waals surface area contributed by atoms with Crippen molar-refractivity contribution in [3.8, 4) is 0 Å². The fourth-order valence-corrected chi connectivity index (χ4v) is 3.44. The summed E-state index contributed by atoms with van der Waals surface area (Å²) in [5.74, 6) is 1.06. The van der Waals surface area contributed by atoms with E-state index in [2.05, 4.69) is 30.2 Å². The molecule has 108 valence electrons. The first-order valence-electron chi connectivity index (χ1n) is 6.77. The number of alkyl halides is 2. The van der Waals surface area contributed by atoms with Gasteiger partial charge in [0.2, 0.25) is 0 Å². The van der Waals surface area contributed by atoms with Gasteiger partial charge in [-0.25, -0.2) is 0 Å². The largest absolute Gasteiger partial charge is 0.276 e. The van der Waals surface area contributed by atoms with Crippen LogP contribution in [-0.2, 0) is 18.9 Å². The van der Waals surface area contributed by atoms with Crippen LogP contribution in [0.3, 0.4) is 0 Å². The lowest BCUT2D eigenvalue weighted by Crippen LogP contribution is -2.32. The highest BCUT2D eigenvalue weighted by Crippen LogP contribution is 2.34. The zero-order valence-electron chi connectivity index (χ0n) is 11.9. The summed E-state index contributed by atoms with van der Waals surface area (Å²) in [5, 5.41) is 4.21. The van der Waals surface area contributed by atoms with Gasteiger partial charge < -0.3 is 0 Å². The van der Waals surface area contributed by atoms with E-state index in [1.54, 1.807) is 0 Å². The quantitative estimate of drug-likeness (QED) is 0.735. The monoisotopic (exact) mass is 310 g/mol. The Bertz CT molecular complexity index is 559. The van der Waals surface area contributed by atoms with Gasteiger partial charge in [-0.15, -0.1) is 23.2 Å². The number of aromatic nitrogens is 2. The molecular weight excluding hydrogens is 291 g/mol. The second kappa shape index (κ2) is 6.64. The molecule has 0 atom stereocenters. The Hall–Kier alpha value is -0.990. The van der Waals surface area contributed by atoms with Crippen LogP contribution in [0.5, 0.6) is 0 Å². The molecular formula is C16H20Cl2N2. The normalized spacial score (nSPS) is 11.8. The van der Waals surface area contributed by atoms with Crippen molar-refractivity contribution in [1.29, 1.82) is 0 Å². The number of aryl methyl sites for hydroxylation is 3. The number of hydrogen-bond donors (Lipinski definition) is 0. The summed E-state index contributed by atoms with van der Waals surface area (Å²) in [6, 6.07) is 8.37. The molecule has 0 radical (unpaired) electrons. The van der Waals surface area contributed by atoms with Gasteiger partial charge in [-0.05, 0) is 36.5 Å². The van der Waals surface area contributed by atoms with Gasteiger partial charge in [0, 0.05) is 30.4 Å². The number of hydrogen-bond acceptors (Lipinski definition) is 1. The van der Waals surface area contributed by atoms with Gasteiger partial charge in [-0.3, -0.25) is 4.68 Å². The smallest absolute Gasteiger partial charge is 0.0521 e. The van der Waals surface area contributed by atoms with E-state index in [4.69, 9.17) is 23.2 Å². The third-order valence-electron chi connectivity index (χ3n) is 3.88. The van der Waals surface area contributed by atoms with Gasteiger partial charge in [-0.2, -0.15) is 5.10 Å². The molecule has 0 aliphatic carbocycles. The predicted molar refractivity (Wildman–Crippen MR) is 85.8 cm³/mol. The lowest BCUT2D eigenvalue weighted by Gasteiger charge is -2.31. The Kier molecular flexibility index (Phi) is 5.11. The van der Waals surface area contributed by atoms with Crippen molar-refractivity contribution < 1.29 is 0 Å². The fraction of sp³-hybridized carbons (Fsp3) is 0.438. The Morgan fingerprint density at radius 1 is 1.20 bits per heavy atom. The summed E-state index contributed by atoms with van der Waals surface area (Å²) < 4.78 is 1.83. The SMILES string of the molecule is Cc1ccccc1C(CCl)(CCl)CCc1cnn(C)c1. The Morgan fingerprint density at radius 2 is 1.90 bits per heavy atom. The zero-order chi connectivity index (χ0) is 14.6. The second-order valence-corrected chi connectivity index (χ2v) is 5.92. The van der Waals surface area contributed by atoms with E-state index in [0.717, 1.165) is 12.8 Å². The standard InChI is InChI=1S/C16H20Cl2N2/c1-13-5-3-4-6-15(13)16(11-17,12-18)8-7-14-9-19-20(2)10-14/h3-6,9-10H,7-8,11-12H2,1-2H3. The molecule has 2 nitrogen and oxygen atoms in total. The zero-order valence-corrected chi connectivity index (χ0v) is 13.5. The van der Waals surface area contributed by atoms with Gasteiger partial charge >= 0.3 is 0 Å². The van der Waals surface area contributed by atoms with Crippen molar-refractivity contribution >= 4 is 23.2 Å². The molecule has 2 aromatic rings.